The molecule has 1 heterocycles. The van der Waals surface area contributed by atoms with Gasteiger partial charge in [0.25, 0.3) is 5.91 Å². The van der Waals surface area contributed by atoms with Crippen molar-refractivity contribution in [2.24, 2.45) is 11.7 Å². The largest absolute Gasteiger partial charge is 0.497 e. The SMILES string of the molecule is COc1ccc(C(=O)NCC(=O)N2CCC(C)CC2CN)cc1. The van der Waals surface area contributed by atoms with Gasteiger partial charge in [0.05, 0.1) is 13.7 Å². The summed E-state index contributed by atoms with van der Waals surface area (Å²) in [5.74, 6) is 0.928. The lowest BCUT2D eigenvalue weighted by Crippen LogP contribution is -2.52. The fraction of sp³-hybridized carbons (Fsp3) is 0.529. The van der Waals surface area contributed by atoms with Crippen LogP contribution < -0.4 is 15.8 Å². The Balaban J connectivity index is 1.88. The normalized spacial score (nSPS) is 20.9. The number of benzene rings is 1. The summed E-state index contributed by atoms with van der Waals surface area (Å²) in [5.41, 5.74) is 6.28. The first-order chi connectivity index (χ1) is 11.0. The number of nitrogens with two attached hydrogens (primary N) is 1. The number of likely N-dealkylation sites (tertiary alicyclic amines) is 1. The Hall–Kier alpha value is -2.08. The Morgan fingerprint density at radius 3 is 2.65 bits per heavy atom. The van der Waals surface area contributed by atoms with Crippen LogP contribution in [0.15, 0.2) is 24.3 Å². The van der Waals surface area contributed by atoms with E-state index in [2.05, 4.69) is 12.2 Å². The summed E-state index contributed by atoms with van der Waals surface area (Å²) in [6.07, 6.45) is 1.91. The van der Waals surface area contributed by atoms with Crippen LogP contribution in [0.4, 0.5) is 0 Å². The predicted molar refractivity (Wildman–Crippen MR) is 88.3 cm³/mol. The summed E-state index contributed by atoms with van der Waals surface area (Å²) in [4.78, 5) is 26.2. The summed E-state index contributed by atoms with van der Waals surface area (Å²) in [6.45, 7) is 3.34. The first-order valence-electron chi connectivity index (χ1n) is 7.97. The van der Waals surface area contributed by atoms with Crippen molar-refractivity contribution in [1.29, 1.82) is 0 Å². The zero-order valence-corrected chi connectivity index (χ0v) is 13.7. The first kappa shape index (κ1) is 17.3. The minimum Gasteiger partial charge on any atom is -0.497 e. The van der Waals surface area contributed by atoms with Crippen LogP contribution >= 0.6 is 0 Å². The molecule has 6 heteroatoms. The Kier molecular flexibility index (Phi) is 5.98. The third-order valence-corrected chi connectivity index (χ3v) is 4.32. The minimum atomic E-state index is -0.268. The Labute approximate surface area is 137 Å². The molecule has 2 unspecified atom stereocenters. The number of methoxy groups -OCH3 is 1. The number of hydrogen-bond donors (Lipinski definition) is 2. The van der Waals surface area contributed by atoms with E-state index in [4.69, 9.17) is 10.5 Å². The van der Waals surface area contributed by atoms with Crippen LogP contribution in [-0.2, 0) is 4.79 Å². The molecule has 126 valence electrons. The van der Waals surface area contributed by atoms with E-state index >= 15 is 0 Å². The molecule has 2 atom stereocenters. The highest BCUT2D eigenvalue weighted by atomic mass is 16.5. The summed E-state index contributed by atoms with van der Waals surface area (Å²) < 4.78 is 5.05. The predicted octanol–water partition coefficient (Wildman–Crippen LogP) is 1.01. The number of hydrogen-bond acceptors (Lipinski definition) is 4. The molecular weight excluding hydrogens is 294 g/mol. The van der Waals surface area contributed by atoms with Crippen LogP contribution in [-0.4, -0.2) is 49.5 Å². The number of piperidine rings is 1. The molecule has 6 nitrogen and oxygen atoms in total. The molecule has 23 heavy (non-hydrogen) atoms. The van der Waals surface area contributed by atoms with Crippen molar-refractivity contribution in [2.75, 3.05) is 26.7 Å². The minimum absolute atomic E-state index is 0.00422. The molecular formula is C17H25N3O3. The lowest BCUT2D eigenvalue weighted by atomic mass is 9.92. The number of ether oxygens (including phenoxy) is 1. The van der Waals surface area contributed by atoms with Crippen molar-refractivity contribution in [3.05, 3.63) is 29.8 Å². The summed E-state index contributed by atoms with van der Waals surface area (Å²) >= 11 is 0. The van der Waals surface area contributed by atoms with E-state index in [0.717, 1.165) is 12.8 Å². The van der Waals surface area contributed by atoms with Gasteiger partial charge in [-0.2, -0.15) is 0 Å². The Morgan fingerprint density at radius 2 is 2.04 bits per heavy atom. The van der Waals surface area contributed by atoms with Gasteiger partial charge >= 0.3 is 0 Å². The third kappa shape index (κ3) is 4.45. The molecule has 1 aromatic carbocycles. The van der Waals surface area contributed by atoms with Crippen LogP contribution in [0, 0.1) is 5.92 Å². The van der Waals surface area contributed by atoms with Gasteiger partial charge in [0, 0.05) is 24.7 Å². The van der Waals surface area contributed by atoms with Gasteiger partial charge < -0.3 is 20.7 Å². The zero-order chi connectivity index (χ0) is 16.8. The maximum absolute atomic E-state index is 12.3. The number of carbonyl (C=O) groups is 2. The van der Waals surface area contributed by atoms with Gasteiger partial charge in [0.2, 0.25) is 5.91 Å². The van der Waals surface area contributed by atoms with Gasteiger partial charge in [0.1, 0.15) is 5.75 Å². The van der Waals surface area contributed by atoms with Gasteiger partial charge in [-0.1, -0.05) is 6.92 Å². The highest BCUT2D eigenvalue weighted by Gasteiger charge is 2.28. The molecule has 0 aromatic heterocycles. The van der Waals surface area contributed by atoms with Crippen LogP contribution in [0.1, 0.15) is 30.1 Å². The number of amides is 2. The van der Waals surface area contributed by atoms with E-state index in [1.165, 1.54) is 0 Å². The highest BCUT2D eigenvalue weighted by Crippen LogP contribution is 2.21. The molecule has 2 rings (SSSR count). The van der Waals surface area contributed by atoms with Gasteiger partial charge in [-0.25, -0.2) is 0 Å². The van der Waals surface area contributed by atoms with Crippen LogP contribution in [0.2, 0.25) is 0 Å². The monoisotopic (exact) mass is 319 g/mol. The molecule has 1 aliphatic heterocycles. The second kappa shape index (κ2) is 7.97. The molecule has 0 saturated carbocycles. The number of nitrogens with one attached hydrogen (secondary N) is 1. The van der Waals surface area contributed by atoms with E-state index < -0.39 is 0 Å². The maximum Gasteiger partial charge on any atom is 0.251 e. The van der Waals surface area contributed by atoms with Crippen molar-refractivity contribution >= 4 is 11.8 Å². The molecule has 3 N–H and O–H groups in total. The Bertz CT molecular complexity index is 545. The molecule has 0 spiro atoms. The molecule has 2 amide bonds. The van der Waals surface area contributed by atoms with Crippen LogP contribution in [0.3, 0.4) is 0 Å². The van der Waals surface area contributed by atoms with Crippen molar-refractivity contribution < 1.29 is 14.3 Å². The van der Waals surface area contributed by atoms with Gasteiger partial charge in [-0.05, 0) is 43.0 Å². The van der Waals surface area contributed by atoms with Crippen molar-refractivity contribution in [3.8, 4) is 5.75 Å². The quantitative estimate of drug-likeness (QED) is 0.848. The summed E-state index contributed by atoms with van der Waals surface area (Å²) in [7, 11) is 1.57. The van der Waals surface area contributed by atoms with E-state index in [-0.39, 0.29) is 24.4 Å². The van der Waals surface area contributed by atoms with E-state index in [1.807, 2.05) is 0 Å². The zero-order valence-electron chi connectivity index (χ0n) is 13.7. The molecule has 1 aliphatic rings. The van der Waals surface area contributed by atoms with Crippen molar-refractivity contribution in [1.82, 2.24) is 10.2 Å². The van der Waals surface area contributed by atoms with Crippen LogP contribution in [0.5, 0.6) is 5.75 Å². The summed E-state index contributed by atoms with van der Waals surface area (Å²) in [6, 6.07) is 6.85. The van der Waals surface area contributed by atoms with Crippen molar-refractivity contribution in [2.45, 2.75) is 25.8 Å². The van der Waals surface area contributed by atoms with E-state index in [0.29, 0.717) is 30.3 Å². The summed E-state index contributed by atoms with van der Waals surface area (Å²) in [5, 5.41) is 2.68. The fourth-order valence-electron chi connectivity index (χ4n) is 2.91. The highest BCUT2D eigenvalue weighted by molar-refractivity contribution is 5.96. The second-order valence-corrected chi connectivity index (χ2v) is 6.02. The Morgan fingerprint density at radius 1 is 1.35 bits per heavy atom. The van der Waals surface area contributed by atoms with Gasteiger partial charge in [-0.15, -0.1) is 0 Å². The molecule has 1 saturated heterocycles. The lowest BCUT2D eigenvalue weighted by molar-refractivity contribution is -0.134. The molecule has 0 bridgehead atoms. The average molecular weight is 319 g/mol. The number of rotatable bonds is 5. The second-order valence-electron chi connectivity index (χ2n) is 6.02. The van der Waals surface area contributed by atoms with E-state index in [9.17, 15) is 9.59 Å². The van der Waals surface area contributed by atoms with Gasteiger partial charge in [-0.3, -0.25) is 9.59 Å². The number of carbonyl (C=O) groups excluding carboxylic acids is 2. The van der Waals surface area contributed by atoms with Crippen molar-refractivity contribution in [3.63, 3.8) is 0 Å². The molecule has 0 radical (unpaired) electrons. The maximum atomic E-state index is 12.3. The first-order valence-corrected chi connectivity index (χ1v) is 7.97. The molecule has 1 fully saturated rings. The number of nitrogens with zero attached hydrogens (tertiary/aromatic N) is 1. The fourth-order valence-corrected chi connectivity index (χ4v) is 2.91. The third-order valence-electron chi connectivity index (χ3n) is 4.32. The van der Waals surface area contributed by atoms with E-state index in [1.54, 1.807) is 36.3 Å². The molecule has 1 aromatic rings. The lowest BCUT2D eigenvalue weighted by Gasteiger charge is -2.38. The topological polar surface area (TPSA) is 84.7 Å². The molecule has 0 aliphatic carbocycles. The smallest absolute Gasteiger partial charge is 0.251 e. The van der Waals surface area contributed by atoms with Crippen LogP contribution in [0.25, 0.3) is 0 Å². The van der Waals surface area contributed by atoms with Gasteiger partial charge in [0.15, 0.2) is 0 Å². The average Bonchev–Trinajstić information content (AvgIpc) is 2.59. The standard InChI is InChI=1S/C17H25N3O3/c1-12-7-8-20(14(9-12)10-18)16(21)11-19-17(22)13-3-5-15(23-2)6-4-13/h3-6,12,14H,7-11,18H2,1-2H3,(H,19,22).